The average molecular weight is 323 g/mol. The van der Waals surface area contributed by atoms with Gasteiger partial charge in [-0.05, 0) is 13.0 Å². The van der Waals surface area contributed by atoms with Gasteiger partial charge in [0.2, 0.25) is 0 Å². The van der Waals surface area contributed by atoms with Gasteiger partial charge >= 0.3 is 0 Å². The first kappa shape index (κ1) is 22.4. The number of unbranched alkanes of at least 4 members (excludes halogenated alkanes) is 15. The van der Waals surface area contributed by atoms with Crippen LogP contribution in [0.15, 0.2) is 0 Å². The highest BCUT2D eigenvalue weighted by Crippen LogP contribution is 2.13. The van der Waals surface area contributed by atoms with Crippen LogP contribution in [-0.2, 0) is 0 Å². The molecule has 0 saturated heterocycles. The van der Waals surface area contributed by atoms with Crippen LogP contribution in [0, 0.1) is 11.3 Å². The maximum Gasteiger partial charge on any atom is 0.0635 e. The third-order valence-corrected chi connectivity index (χ3v) is 4.62. The van der Waals surface area contributed by atoms with Crippen LogP contribution in [0.4, 0.5) is 0 Å². The summed E-state index contributed by atoms with van der Waals surface area (Å²) in [5, 5.41) is 11.7. The normalized spacial score (nSPS) is 10.8. The summed E-state index contributed by atoms with van der Waals surface area (Å²) in [6, 6.07) is 2.16. The maximum atomic E-state index is 8.42. The van der Waals surface area contributed by atoms with E-state index in [1.807, 2.05) is 0 Å². The van der Waals surface area contributed by atoms with Crippen molar-refractivity contribution >= 4 is 0 Å². The average Bonchev–Trinajstić information content (AvgIpc) is 2.57. The van der Waals surface area contributed by atoms with E-state index in [0.29, 0.717) is 6.42 Å². The van der Waals surface area contributed by atoms with Crippen molar-refractivity contribution in [2.75, 3.05) is 13.1 Å². The van der Waals surface area contributed by atoms with E-state index in [-0.39, 0.29) is 0 Å². The van der Waals surface area contributed by atoms with Gasteiger partial charge in [0.25, 0.3) is 0 Å². The summed E-state index contributed by atoms with van der Waals surface area (Å²) < 4.78 is 0. The Hall–Kier alpha value is -0.550. The number of hydrogen-bond acceptors (Lipinski definition) is 2. The summed E-state index contributed by atoms with van der Waals surface area (Å²) in [4.78, 5) is 0. The molecular weight excluding hydrogens is 280 g/mol. The molecule has 0 unspecified atom stereocenters. The molecule has 0 spiro atoms. The zero-order valence-corrected chi connectivity index (χ0v) is 15.9. The highest BCUT2D eigenvalue weighted by Gasteiger charge is 1.94. The summed E-state index contributed by atoms with van der Waals surface area (Å²) in [6.45, 7) is 4.23. The molecule has 0 rings (SSSR count). The van der Waals surface area contributed by atoms with Crippen molar-refractivity contribution in [1.82, 2.24) is 5.32 Å². The molecule has 0 amide bonds. The third-order valence-electron chi connectivity index (χ3n) is 4.62. The third kappa shape index (κ3) is 21.5. The monoisotopic (exact) mass is 322 g/mol. The van der Waals surface area contributed by atoms with Gasteiger partial charge in [-0.2, -0.15) is 5.26 Å². The van der Waals surface area contributed by atoms with E-state index in [1.54, 1.807) is 0 Å². The SMILES string of the molecule is CCCCCCCCCCCCCCCCCCNCCC#N. The van der Waals surface area contributed by atoms with Crippen molar-refractivity contribution < 1.29 is 0 Å². The fourth-order valence-corrected chi connectivity index (χ4v) is 3.07. The van der Waals surface area contributed by atoms with Crippen LogP contribution in [-0.4, -0.2) is 13.1 Å². The molecule has 136 valence electrons. The van der Waals surface area contributed by atoms with E-state index in [0.717, 1.165) is 13.1 Å². The molecular formula is C21H42N2. The molecule has 2 heteroatoms. The van der Waals surface area contributed by atoms with Crippen LogP contribution in [0.1, 0.15) is 116 Å². The van der Waals surface area contributed by atoms with Crippen LogP contribution in [0.3, 0.4) is 0 Å². The van der Waals surface area contributed by atoms with E-state index in [2.05, 4.69) is 18.3 Å². The Balaban J connectivity index is 2.94. The first-order chi connectivity index (χ1) is 11.4. The number of hydrogen-bond donors (Lipinski definition) is 1. The molecule has 0 radical (unpaired) electrons. The first-order valence-electron chi connectivity index (χ1n) is 10.5. The van der Waals surface area contributed by atoms with E-state index in [4.69, 9.17) is 5.26 Å². The zero-order chi connectivity index (χ0) is 16.8. The predicted octanol–water partition coefficient (Wildman–Crippen LogP) is 6.75. The fourth-order valence-electron chi connectivity index (χ4n) is 3.07. The number of nitrogens with one attached hydrogen (secondary N) is 1. The molecule has 0 bridgehead atoms. The smallest absolute Gasteiger partial charge is 0.0635 e. The number of nitriles is 1. The minimum absolute atomic E-state index is 0.638. The van der Waals surface area contributed by atoms with Crippen molar-refractivity contribution in [3.8, 4) is 6.07 Å². The second-order valence-electron chi connectivity index (χ2n) is 6.96. The van der Waals surface area contributed by atoms with Gasteiger partial charge in [-0.15, -0.1) is 0 Å². The summed E-state index contributed by atoms with van der Waals surface area (Å²) in [6.07, 6.45) is 23.4. The van der Waals surface area contributed by atoms with Gasteiger partial charge in [-0.3, -0.25) is 0 Å². The van der Waals surface area contributed by atoms with Crippen LogP contribution in [0.25, 0.3) is 0 Å². The van der Waals surface area contributed by atoms with E-state index >= 15 is 0 Å². The van der Waals surface area contributed by atoms with E-state index in [1.165, 1.54) is 103 Å². The Morgan fingerprint density at radius 1 is 0.565 bits per heavy atom. The van der Waals surface area contributed by atoms with E-state index in [9.17, 15) is 0 Å². The molecule has 1 N–H and O–H groups in total. The minimum Gasteiger partial charge on any atom is -0.316 e. The molecule has 0 aliphatic carbocycles. The molecule has 0 aromatic rings. The topological polar surface area (TPSA) is 35.8 Å². The van der Waals surface area contributed by atoms with Crippen molar-refractivity contribution in [2.45, 2.75) is 116 Å². The Bertz CT molecular complexity index is 245. The highest BCUT2D eigenvalue weighted by molar-refractivity contribution is 4.69. The van der Waals surface area contributed by atoms with Gasteiger partial charge in [-0.25, -0.2) is 0 Å². The molecule has 0 aliphatic rings. The zero-order valence-electron chi connectivity index (χ0n) is 15.9. The lowest BCUT2D eigenvalue weighted by molar-refractivity contribution is 0.526. The van der Waals surface area contributed by atoms with Crippen molar-refractivity contribution in [3.63, 3.8) is 0 Å². The molecule has 0 aromatic carbocycles. The minimum atomic E-state index is 0.638. The maximum absolute atomic E-state index is 8.42. The highest BCUT2D eigenvalue weighted by atomic mass is 14.8. The summed E-state index contributed by atoms with van der Waals surface area (Å²) in [7, 11) is 0. The van der Waals surface area contributed by atoms with Gasteiger partial charge in [0.05, 0.1) is 6.07 Å². The predicted molar refractivity (Wildman–Crippen MR) is 103 cm³/mol. The van der Waals surface area contributed by atoms with Crippen molar-refractivity contribution in [1.29, 1.82) is 5.26 Å². The molecule has 0 saturated carbocycles. The molecule has 0 aromatic heterocycles. The molecule has 0 atom stereocenters. The Morgan fingerprint density at radius 2 is 0.957 bits per heavy atom. The number of nitrogens with zero attached hydrogens (tertiary/aromatic N) is 1. The fraction of sp³-hybridized carbons (Fsp3) is 0.952. The van der Waals surface area contributed by atoms with Crippen LogP contribution in [0.5, 0.6) is 0 Å². The summed E-state index contributed by atoms with van der Waals surface area (Å²) in [5.74, 6) is 0. The molecule has 23 heavy (non-hydrogen) atoms. The molecule has 0 aliphatic heterocycles. The van der Waals surface area contributed by atoms with E-state index < -0.39 is 0 Å². The number of rotatable bonds is 19. The Labute approximate surface area is 146 Å². The second kappa shape index (κ2) is 21.4. The Kier molecular flexibility index (Phi) is 20.9. The van der Waals surface area contributed by atoms with Gasteiger partial charge in [0.1, 0.15) is 0 Å². The Morgan fingerprint density at radius 3 is 1.35 bits per heavy atom. The second-order valence-corrected chi connectivity index (χ2v) is 6.96. The van der Waals surface area contributed by atoms with Gasteiger partial charge in [0.15, 0.2) is 0 Å². The van der Waals surface area contributed by atoms with Crippen molar-refractivity contribution in [3.05, 3.63) is 0 Å². The summed E-state index contributed by atoms with van der Waals surface area (Å²) in [5.41, 5.74) is 0. The van der Waals surface area contributed by atoms with Gasteiger partial charge in [-0.1, -0.05) is 103 Å². The lowest BCUT2D eigenvalue weighted by Crippen LogP contribution is -2.15. The standard InChI is InChI=1S/C21H42N2/c1-2-3-4-5-6-7-8-9-10-11-12-13-14-15-16-17-20-23-21-18-19-22/h23H,2-18,20-21H2,1H3. The van der Waals surface area contributed by atoms with Crippen LogP contribution in [0.2, 0.25) is 0 Å². The first-order valence-corrected chi connectivity index (χ1v) is 10.5. The summed E-state index contributed by atoms with van der Waals surface area (Å²) >= 11 is 0. The van der Waals surface area contributed by atoms with Gasteiger partial charge < -0.3 is 5.32 Å². The molecule has 0 heterocycles. The molecule has 0 fully saturated rings. The van der Waals surface area contributed by atoms with Crippen LogP contribution >= 0.6 is 0 Å². The lowest BCUT2D eigenvalue weighted by Gasteiger charge is -2.04. The van der Waals surface area contributed by atoms with Crippen LogP contribution < -0.4 is 5.32 Å². The van der Waals surface area contributed by atoms with Crippen molar-refractivity contribution in [2.24, 2.45) is 0 Å². The molecule has 2 nitrogen and oxygen atoms in total. The lowest BCUT2D eigenvalue weighted by atomic mass is 10.0. The quantitative estimate of drug-likeness (QED) is 0.267. The van der Waals surface area contributed by atoms with Gasteiger partial charge in [0, 0.05) is 13.0 Å². The largest absolute Gasteiger partial charge is 0.316 e.